The summed E-state index contributed by atoms with van der Waals surface area (Å²) in [6, 6.07) is 13.4. The molecule has 9 nitrogen and oxygen atoms in total. The highest BCUT2D eigenvalue weighted by Gasteiger charge is 2.11. The lowest BCUT2D eigenvalue weighted by molar-refractivity contribution is -0.117. The molecule has 4 rings (SSSR count). The molecule has 0 spiro atoms. The second-order valence-corrected chi connectivity index (χ2v) is 6.68. The zero-order valence-corrected chi connectivity index (χ0v) is 17.3. The van der Waals surface area contributed by atoms with E-state index in [-0.39, 0.29) is 24.7 Å². The Labute approximate surface area is 179 Å². The molecule has 4 aromatic rings. The van der Waals surface area contributed by atoms with Crippen molar-refractivity contribution < 1.29 is 4.79 Å². The number of aryl methyl sites for hydroxylation is 1. The zero-order valence-electron chi connectivity index (χ0n) is 16.5. The lowest BCUT2D eigenvalue weighted by Crippen LogP contribution is -2.14. The fraction of sp³-hybridized carbons (Fsp3) is 0.150. The first-order valence-corrected chi connectivity index (χ1v) is 9.01. The van der Waals surface area contributed by atoms with Crippen molar-refractivity contribution in [3.05, 3.63) is 60.0 Å². The Morgan fingerprint density at radius 3 is 2.67 bits per heavy atom. The highest BCUT2D eigenvalue weighted by molar-refractivity contribution is 5.85. The highest BCUT2D eigenvalue weighted by Crippen LogP contribution is 2.26. The summed E-state index contributed by atoms with van der Waals surface area (Å²) < 4.78 is 0. The van der Waals surface area contributed by atoms with E-state index in [4.69, 9.17) is 5.73 Å². The molecule has 30 heavy (non-hydrogen) atoms. The van der Waals surface area contributed by atoms with Crippen LogP contribution in [0.4, 0.5) is 23.3 Å². The quantitative estimate of drug-likeness (QED) is 0.434. The number of anilines is 4. The molecule has 1 amide bonds. The smallest absolute Gasteiger partial charge is 0.234 e. The number of rotatable bonds is 6. The molecule has 2 aromatic carbocycles. The molecule has 0 aliphatic rings. The van der Waals surface area contributed by atoms with Gasteiger partial charge in [-0.25, -0.2) is 9.97 Å². The summed E-state index contributed by atoms with van der Waals surface area (Å²) in [4.78, 5) is 25.8. The number of carbonyl (C=O) groups is 1. The molecular weight excluding hydrogens is 404 g/mol. The van der Waals surface area contributed by atoms with Gasteiger partial charge in [0.2, 0.25) is 17.8 Å². The maximum atomic E-state index is 11.0. The van der Waals surface area contributed by atoms with Gasteiger partial charge < -0.3 is 16.0 Å². The molecule has 0 saturated heterocycles. The van der Waals surface area contributed by atoms with E-state index in [1.54, 1.807) is 0 Å². The number of fused-ring (bicyclic) bond motifs is 1. The fourth-order valence-electron chi connectivity index (χ4n) is 3.00. The lowest BCUT2D eigenvalue weighted by atomic mass is 10.1. The summed E-state index contributed by atoms with van der Waals surface area (Å²) in [6.07, 6.45) is 1.67. The van der Waals surface area contributed by atoms with Crippen molar-refractivity contribution in [3.63, 3.8) is 0 Å². The number of benzene rings is 2. The molecule has 10 heteroatoms. The number of nitrogens with two attached hydrogens (primary N) is 1. The Morgan fingerprint density at radius 1 is 1.17 bits per heavy atom. The van der Waals surface area contributed by atoms with Crippen LogP contribution in [0.1, 0.15) is 11.3 Å². The van der Waals surface area contributed by atoms with E-state index < -0.39 is 0 Å². The number of nitrogens with one attached hydrogen (secondary N) is 2. The average molecular weight is 425 g/mol. The molecule has 0 fully saturated rings. The number of H-pyrrole nitrogens is 1. The topological polar surface area (TPSA) is 126 Å². The largest absolute Gasteiger partial charge is 0.369 e. The molecular formula is C20H21ClN8O. The van der Waals surface area contributed by atoms with Crippen LogP contribution in [0.25, 0.3) is 10.9 Å². The Bertz CT molecular complexity index is 1180. The van der Waals surface area contributed by atoms with Crippen LogP contribution < -0.4 is 16.0 Å². The highest BCUT2D eigenvalue weighted by atomic mass is 35.5. The third-order valence-corrected chi connectivity index (χ3v) is 4.56. The standard InChI is InChI=1S/C20H20N8O.ClH/c1-12-16-8-7-15(10-17(16)27-26-12)28(2)20-23-11-22-19(25-20)24-14-5-3-13(4-6-14)9-18(21)29;/h3-8,10-11H,9H2,1-2H3,(H2,21,29)(H,26,27)(H,22,23,24,25);1H. The van der Waals surface area contributed by atoms with Gasteiger partial charge in [-0.2, -0.15) is 10.1 Å². The number of aromatic nitrogens is 5. The van der Waals surface area contributed by atoms with E-state index in [2.05, 4.69) is 30.5 Å². The van der Waals surface area contributed by atoms with Crippen molar-refractivity contribution in [1.29, 1.82) is 0 Å². The summed E-state index contributed by atoms with van der Waals surface area (Å²) in [5, 5.41) is 11.5. The number of primary amides is 1. The van der Waals surface area contributed by atoms with Crippen molar-refractivity contribution in [1.82, 2.24) is 25.1 Å². The van der Waals surface area contributed by atoms with Crippen LogP contribution in [0.2, 0.25) is 0 Å². The average Bonchev–Trinajstić information content (AvgIpc) is 3.09. The van der Waals surface area contributed by atoms with E-state index in [9.17, 15) is 4.79 Å². The van der Waals surface area contributed by atoms with Crippen LogP contribution in [-0.4, -0.2) is 38.1 Å². The number of hydrogen-bond acceptors (Lipinski definition) is 7. The third kappa shape index (κ3) is 4.47. The maximum absolute atomic E-state index is 11.0. The van der Waals surface area contributed by atoms with Gasteiger partial charge in [0.1, 0.15) is 6.33 Å². The van der Waals surface area contributed by atoms with Gasteiger partial charge in [0.15, 0.2) is 0 Å². The molecule has 0 aliphatic carbocycles. The second kappa shape index (κ2) is 8.75. The maximum Gasteiger partial charge on any atom is 0.234 e. The minimum Gasteiger partial charge on any atom is -0.369 e. The van der Waals surface area contributed by atoms with Gasteiger partial charge >= 0.3 is 0 Å². The first kappa shape index (κ1) is 21.0. The SMILES string of the molecule is Cc1[nH]nc2cc(N(C)c3ncnc(Nc4ccc(CC(N)=O)cc4)n3)ccc12.Cl. The van der Waals surface area contributed by atoms with Gasteiger partial charge in [-0.3, -0.25) is 9.89 Å². The Hall–Kier alpha value is -3.72. The molecule has 0 saturated carbocycles. The summed E-state index contributed by atoms with van der Waals surface area (Å²) >= 11 is 0. The zero-order chi connectivity index (χ0) is 20.4. The summed E-state index contributed by atoms with van der Waals surface area (Å²) in [5.41, 5.74) is 9.70. The first-order valence-electron chi connectivity index (χ1n) is 9.01. The van der Waals surface area contributed by atoms with Gasteiger partial charge in [-0.1, -0.05) is 12.1 Å². The Morgan fingerprint density at radius 2 is 1.93 bits per heavy atom. The monoisotopic (exact) mass is 424 g/mol. The third-order valence-electron chi connectivity index (χ3n) is 4.56. The van der Waals surface area contributed by atoms with E-state index in [1.165, 1.54) is 6.33 Å². The molecule has 0 atom stereocenters. The van der Waals surface area contributed by atoms with E-state index >= 15 is 0 Å². The van der Waals surface area contributed by atoms with Crippen molar-refractivity contribution >= 4 is 52.5 Å². The normalized spacial score (nSPS) is 10.5. The number of nitrogens with zero attached hydrogens (tertiary/aromatic N) is 5. The van der Waals surface area contributed by atoms with Gasteiger partial charge in [0.05, 0.1) is 11.9 Å². The Balaban J connectivity index is 0.00000256. The predicted octanol–water partition coefficient (Wildman–Crippen LogP) is 3.02. The van der Waals surface area contributed by atoms with Gasteiger partial charge in [0.25, 0.3) is 0 Å². The fourth-order valence-corrected chi connectivity index (χ4v) is 3.00. The molecule has 2 aromatic heterocycles. The molecule has 4 N–H and O–H groups in total. The number of amides is 1. The molecule has 0 radical (unpaired) electrons. The predicted molar refractivity (Wildman–Crippen MR) is 119 cm³/mol. The van der Waals surface area contributed by atoms with Gasteiger partial charge in [-0.05, 0) is 42.8 Å². The number of carbonyl (C=O) groups excluding carboxylic acids is 1. The van der Waals surface area contributed by atoms with Crippen LogP contribution in [0.3, 0.4) is 0 Å². The molecule has 0 aliphatic heterocycles. The van der Waals surface area contributed by atoms with Crippen molar-refractivity contribution in [2.24, 2.45) is 5.73 Å². The molecule has 154 valence electrons. The van der Waals surface area contributed by atoms with Crippen molar-refractivity contribution in [2.75, 3.05) is 17.3 Å². The summed E-state index contributed by atoms with van der Waals surface area (Å²) in [6.45, 7) is 1.99. The Kier molecular flexibility index (Phi) is 6.12. The van der Waals surface area contributed by atoms with E-state index in [0.717, 1.165) is 33.5 Å². The lowest BCUT2D eigenvalue weighted by Gasteiger charge is -2.17. The van der Waals surface area contributed by atoms with Crippen molar-refractivity contribution in [2.45, 2.75) is 13.3 Å². The van der Waals surface area contributed by atoms with Crippen LogP contribution in [0, 0.1) is 6.92 Å². The second-order valence-electron chi connectivity index (χ2n) is 6.68. The molecule has 0 unspecified atom stereocenters. The van der Waals surface area contributed by atoms with Gasteiger partial charge in [-0.15, -0.1) is 12.4 Å². The summed E-state index contributed by atoms with van der Waals surface area (Å²) in [5.74, 6) is 0.555. The van der Waals surface area contributed by atoms with E-state index in [0.29, 0.717) is 11.9 Å². The summed E-state index contributed by atoms with van der Waals surface area (Å²) in [7, 11) is 1.89. The number of hydrogen-bond donors (Lipinski definition) is 3. The van der Waals surface area contributed by atoms with Crippen LogP contribution in [0.5, 0.6) is 0 Å². The van der Waals surface area contributed by atoms with Crippen LogP contribution in [0.15, 0.2) is 48.8 Å². The number of halogens is 1. The minimum atomic E-state index is -0.362. The van der Waals surface area contributed by atoms with Crippen LogP contribution >= 0.6 is 12.4 Å². The van der Waals surface area contributed by atoms with Gasteiger partial charge in [0, 0.05) is 29.5 Å². The molecule has 0 bridgehead atoms. The minimum absolute atomic E-state index is 0. The first-order chi connectivity index (χ1) is 14.0. The van der Waals surface area contributed by atoms with Crippen LogP contribution in [-0.2, 0) is 11.2 Å². The van der Waals surface area contributed by atoms with Crippen molar-refractivity contribution in [3.8, 4) is 0 Å². The molecule has 2 heterocycles. The number of aromatic amines is 1. The van der Waals surface area contributed by atoms with E-state index in [1.807, 2.05) is 61.3 Å².